The van der Waals surface area contributed by atoms with Gasteiger partial charge in [0.2, 0.25) is 0 Å². The molecule has 20 heavy (non-hydrogen) atoms. The molecule has 106 valence electrons. The number of ether oxygens (including phenoxy) is 2. The lowest BCUT2D eigenvalue weighted by atomic mass is 10.2. The first-order valence-electron chi connectivity index (χ1n) is 5.95. The molecule has 0 saturated heterocycles. The second-order valence-electron chi connectivity index (χ2n) is 3.98. The smallest absolute Gasteiger partial charge is 0.348 e. The van der Waals surface area contributed by atoms with Gasteiger partial charge < -0.3 is 9.47 Å². The minimum atomic E-state index is -0.314. The van der Waals surface area contributed by atoms with Crippen LogP contribution in [0.25, 0.3) is 10.1 Å². The van der Waals surface area contributed by atoms with Gasteiger partial charge in [0.05, 0.1) is 20.6 Å². The number of carbonyl (C=O) groups excluding carboxylic acids is 2. The summed E-state index contributed by atoms with van der Waals surface area (Å²) in [7, 11) is 2.76. The summed E-state index contributed by atoms with van der Waals surface area (Å²) < 4.78 is 10.4. The highest BCUT2D eigenvalue weighted by atomic mass is 32.2. The zero-order valence-electron chi connectivity index (χ0n) is 11.2. The molecule has 0 fully saturated rings. The zero-order valence-corrected chi connectivity index (χ0v) is 12.8. The Morgan fingerprint density at radius 1 is 1.20 bits per heavy atom. The van der Waals surface area contributed by atoms with E-state index >= 15 is 0 Å². The first-order chi connectivity index (χ1) is 9.63. The van der Waals surface area contributed by atoms with Crippen LogP contribution in [-0.2, 0) is 14.3 Å². The molecule has 1 aromatic heterocycles. The van der Waals surface area contributed by atoms with E-state index in [1.165, 1.54) is 25.6 Å². The van der Waals surface area contributed by atoms with Crippen molar-refractivity contribution in [2.24, 2.45) is 0 Å². The van der Waals surface area contributed by atoms with Crippen LogP contribution in [0.15, 0.2) is 29.2 Å². The van der Waals surface area contributed by atoms with Crippen LogP contribution >= 0.6 is 23.1 Å². The Morgan fingerprint density at radius 3 is 2.70 bits per heavy atom. The molecule has 6 heteroatoms. The predicted molar refractivity (Wildman–Crippen MR) is 80.5 cm³/mol. The molecule has 2 rings (SSSR count). The fourth-order valence-corrected chi connectivity index (χ4v) is 3.51. The number of hydrogen-bond donors (Lipinski definition) is 0. The molecule has 2 aromatic rings. The van der Waals surface area contributed by atoms with Crippen molar-refractivity contribution in [3.8, 4) is 0 Å². The summed E-state index contributed by atoms with van der Waals surface area (Å²) >= 11 is 3.00. The Kier molecular flexibility index (Phi) is 5.03. The van der Waals surface area contributed by atoms with Crippen molar-refractivity contribution >= 4 is 45.1 Å². The number of thioether (sulfide) groups is 1. The Labute approximate surface area is 125 Å². The molecule has 0 saturated carbocycles. The Morgan fingerprint density at radius 2 is 2.00 bits per heavy atom. The zero-order chi connectivity index (χ0) is 14.5. The van der Waals surface area contributed by atoms with E-state index in [9.17, 15) is 9.59 Å². The fraction of sp³-hybridized carbons (Fsp3) is 0.286. The predicted octanol–water partition coefficient (Wildman–Crippen LogP) is 3.34. The molecule has 1 aromatic carbocycles. The number of hydrogen-bond acceptors (Lipinski definition) is 6. The Hall–Kier alpha value is -1.53. The lowest BCUT2D eigenvalue weighted by Gasteiger charge is -2.01. The Bertz CT molecular complexity index is 633. The molecule has 0 bridgehead atoms. The van der Waals surface area contributed by atoms with Gasteiger partial charge in [-0.1, -0.05) is 0 Å². The number of esters is 2. The van der Waals surface area contributed by atoms with E-state index in [2.05, 4.69) is 4.74 Å². The summed E-state index contributed by atoms with van der Waals surface area (Å²) in [6, 6.07) is 7.81. The van der Waals surface area contributed by atoms with E-state index < -0.39 is 0 Å². The van der Waals surface area contributed by atoms with Crippen LogP contribution in [0.3, 0.4) is 0 Å². The minimum Gasteiger partial charge on any atom is -0.469 e. The van der Waals surface area contributed by atoms with E-state index in [0.717, 1.165) is 15.0 Å². The van der Waals surface area contributed by atoms with Crippen LogP contribution in [0.1, 0.15) is 16.1 Å². The Balaban J connectivity index is 2.09. The summed E-state index contributed by atoms with van der Waals surface area (Å²) in [6.07, 6.45) is 0.385. The largest absolute Gasteiger partial charge is 0.469 e. The quantitative estimate of drug-likeness (QED) is 0.626. The lowest BCUT2D eigenvalue weighted by Crippen LogP contribution is -2.00. The van der Waals surface area contributed by atoms with Gasteiger partial charge in [0, 0.05) is 15.3 Å². The van der Waals surface area contributed by atoms with E-state index in [-0.39, 0.29) is 11.9 Å². The second kappa shape index (κ2) is 6.76. The van der Waals surface area contributed by atoms with Gasteiger partial charge in [0.1, 0.15) is 4.88 Å². The van der Waals surface area contributed by atoms with Crippen molar-refractivity contribution in [2.45, 2.75) is 11.3 Å². The van der Waals surface area contributed by atoms with Crippen LogP contribution in [0.2, 0.25) is 0 Å². The maximum atomic E-state index is 11.5. The third-order valence-corrected chi connectivity index (χ3v) is 4.77. The highest BCUT2D eigenvalue weighted by Gasteiger charge is 2.10. The van der Waals surface area contributed by atoms with Crippen LogP contribution in [0.4, 0.5) is 0 Å². The lowest BCUT2D eigenvalue weighted by molar-refractivity contribution is -0.140. The van der Waals surface area contributed by atoms with E-state index in [1.54, 1.807) is 11.8 Å². The minimum absolute atomic E-state index is 0.206. The van der Waals surface area contributed by atoms with Crippen molar-refractivity contribution < 1.29 is 19.1 Å². The number of benzene rings is 1. The molecule has 4 nitrogen and oxygen atoms in total. The summed E-state index contributed by atoms with van der Waals surface area (Å²) in [6.45, 7) is 0. The van der Waals surface area contributed by atoms with Gasteiger partial charge in [-0.2, -0.15) is 0 Å². The maximum absolute atomic E-state index is 11.5. The van der Waals surface area contributed by atoms with Crippen molar-refractivity contribution in [2.75, 3.05) is 20.0 Å². The molecular weight excluding hydrogens is 296 g/mol. The number of thiophene rings is 1. The van der Waals surface area contributed by atoms with E-state index in [0.29, 0.717) is 17.1 Å². The molecule has 1 heterocycles. The topological polar surface area (TPSA) is 52.6 Å². The molecule has 0 N–H and O–H groups in total. The molecule has 0 radical (unpaired) electrons. The monoisotopic (exact) mass is 310 g/mol. The van der Waals surface area contributed by atoms with Crippen LogP contribution in [0.5, 0.6) is 0 Å². The first kappa shape index (κ1) is 14.9. The molecule has 0 aliphatic heterocycles. The fourth-order valence-electron chi connectivity index (χ4n) is 1.67. The molecule has 0 amide bonds. The number of carbonyl (C=O) groups is 2. The molecule has 0 spiro atoms. The molecule has 0 atom stereocenters. The molecular formula is C14H14O4S2. The van der Waals surface area contributed by atoms with Crippen LogP contribution in [0, 0.1) is 0 Å². The summed E-state index contributed by atoms with van der Waals surface area (Å²) in [5, 5.41) is 1.01. The highest BCUT2D eigenvalue weighted by Crippen LogP contribution is 2.30. The third kappa shape index (κ3) is 3.52. The standard InChI is InChI=1S/C14H14O4S2/c1-17-13(15)5-6-19-10-3-4-11-9(7-10)8-12(20-11)14(16)18-2/h3-4,7-8H,5-6H2,1-2H3. The average molecular weight is 310 g/mol. The van der Waals surface area contributed by atoms with E-state index in [4.69, 9.17) is 4.74 Å². The SMILES string of the molecule is COC(=O)CCSc1ccc2sc(C(=O)OC)cc2c1. The average Bonchev–Trinajstić information content (AvgIpc) is 2.89. The third-order valence-electron chi connectivity index (χ3n) is 2.68. The number of methoxy groups -OCH3 is 2. The summed E-state index contributed by atoms with van der Waals surface area (Å²) in [5.74, 6) is 0.153. The normalized spacial score (nSPS) is 10.5. The van der Waals surface area contributed by atoms with E-state index in [1.807, 2.05) is 24.3 Å². The van der Waals surface area contributed by atoms with Gasteiger partial charge in [-0.05, 0) is 29.7 Å². The van der Waals surface area contributed by atoms with Crippen molar-refractivity contribution in [3.63, 3.8) is 0 Å². The maximum Gasteiger partial charge on any atom is 0.348 e. The summed E-state index contributed by atoms with van der Waals surface area (Å²) in [5.41, 5.74) is 0. The molecule has 0 unspecified atom stereocenters. The number of rotatable bonds is 5. The van der Waals surface area contributed by atoms with Gasteiger partial charge in [0.15, 0.2) is 0 Å². The van der Waals surface area contributed by atoms with Gasteiger partial charge in [-0.15, -0.1) is 23.1 Å². The highest BCUT2D eigenvalue weighted by molar-refractivity contribution is 7.99. The van der Waals surface area contributed by atoms with Crippen molar-refractivity contribution in [1.29, 1.82) is 0 Å². The van der Waals surface area contributed by atoms with Crippen molar-refractivity contribution in [3.05, 3.63) is 29.1 Å². The van der Waals surface area contributed by atoms with Crippen LogP contribution in [-0.4, -0.2) is 31.9 Å². The van der Waals surface area contributed by atoms with Crippen molar-refractivity contribution in [1.82, 2.24) is 0 Å². The van der Waals surface area contributed by atoms with Gasteiger partial charge in [-0.3, -0.25) is 4.79 Å². The van der Waals surface area contributed by atoms with Gasteiger partial charge in [-0.25, -0.2) is 4.79 Å². The van der Waals surface area contributed by atoms with Gasteiger partial charge >= 0.3 is 11.9 Å². The van der Waals surface area contributed by atoms with Gasteiger partial charge in [0.25, 0.3) is 0 Å². The number of fused-ring (bicyclic) bond motifs is 1. The molecule has 0 aliphatic carbocycles. The molecule has 0 aliphatic rings. The van der Waals surface area contributed by atoms with Crippen LogP contribution < -0.4 is 0 Å². The summed E-state index contributed by atoms with van der Waals surface area (Å²) in [4.78, 5) is 24.2. The second-order valence-corrected chi connectivity index (χ2v) is 6.23. The first-order valence-corrected chi connectivity index (χ1v) is 7.76.